The molecule has 2 spiro atoms. The second kappa shape index (κ2) is 5.97. The van der Waals surface area contributed by atoms with Gasteiger partial charge in [-0.15, -0.1) is 0 Å². The molecule has 5 aliphatic rings. The molecule has 6 rings (SSSR count). The van der Waals surface area contributed by atoms with Crippen molar-refractivity contribution in [2.75, 3.05) is 13.1 Å². The van der Waals surface area contributed by atoms with Crippen LogP contribution in [0.2, 0.25) is 0 Å². The number of sulfonamides is 1. The van der Waals surface area contributed by atoms with E-state index in [0.29, 0.717) is 0 Å². The molecule has 13 heteroatoms. The summed E-state index contributed by atoms with van der Waals surface area (Å²) in [7, 11) is -4.38. The summed E-state index contributed by atoms with van der Waals surface area (Å²) in [5.41, 5.74) is -12.1. The van der Waals surface area contributed by atoms with Crippen LogP contribution in [0.3, 0.4) is 0 Å². The first kappa shape index (κ1) is 22.3. The van der Waals surface area contributed by atoms with E-state index in [9.17, 15) is 21.6 Å². The average molecular weight is 605 g/mol. The fourth-order valence-electron chi connectivity index (χ4n) is 6.83. The summed E-state index contributed by atoms with van der Waals surface area (Å²) in [6.45, 7) is -1.84. The maximum absolute atomic E-state index is 15.0. The number of rotatable bonds is 2. The van der Waals surface area contributed by atoms with Crippen molar-refractivity contribution in [1.82, 2.24) is 4.31 Å². The van der Waals surface area contributed by atoms with Gasteiger partial charge in [-0.1, -0.05) is 24.3 Å². The van der Waals surface area contributed by atoms with Gasteiger partial charge in [-0.2, -0.15) is 30.6 Å². The van der Waals surface area contributed by atoms with Crippen LogP contribution in [0, 0.1) is 14.4 Å². The minimum absolute atomic E-state index is 0.189. The molecule has 0 aliphatic carbocycles. The molecular formula is C20H14F6INO4S. The molecule has 0 N–H and O–H groups in total. The minimum atomic E-state index is -5.42. The molecule has 2 unspecified atom stereocenters. The van der Waals surface area contributed by atoms with Crippen molar-refractivity contribution in [3.63, 3.8) is 0 Å². The van der Waals surface area contributed by atoms with Gasteiger partial charge in [0.15, 0.2) is 5.41 Å². The van der Waals surface area contributed by atoms with E-state index >= 15 is 13.2 Å². The number of alkyl halides is 6. The van der Waals surface area contributed by atoms with Gasteiger partial charge in [-0.05, 0) is 46.9 Å². The molecule has 0 aromatic heterocycles. The maximum Gasteiger partial charge on any atom is 0.401 e. The number of piperidine rings is 1. The highest BCUT2D eigenvalue weighted by molar-refractivity contribution is 14.1. The van der Waals surface area contributed by atoms with Crippen LogP contribution >= 0.6 is 22.6 Å². The van der Waals surface area contributed by atoms with Crippen LogP contribution in [-0.4, -0.2) is 61.6 Å². The molecule has 0 radical (unpaired) electrons. The van der Waals surface area contributed by atoms with Gasteiger partial charge in [0.2, 0.25) is 10.0 Å². The normalized spacial score (nSPS) is 43.5. The fourth-order valence-corrected chi connectivity index (χ4v) is 8.69. The van der Waals surface area contributed by atoms with Crippen molar-refractivity contribution < 1.29 is 44.2 Å². The van der Waals surface area contributed by atoms with Gasteiger partial charge < -0.3 is 9.47 Å². The van der Waals surface area contributed by atoms with E-state index < -0.39 is 69.7 Å². The Morgan fingerprint density at radius 2 is 1.36 bits per heavy atom. The summed E-state index contributed by atoms with van der Waals surface area (Å²) in [6.07, 6.45) is -10.9. The molecule has 3 saturated heterocycles. The highest BCUT2D eigenvalue weighted by Crippen LogP contribution is 2.84. The van der Waals surface area contributed by atoms with E-state index in [-0.39, 0.29) is 4.90 Å². The number of nitrogens with zero attached hydrogens (tertiary/aromatic N) is 1. The predicted octanol–water partition coefficient (Wildman–Crippen LogP) is 3.81. The number of ether oxygens (including phenoxy) is 2. The van der Waals surface area contributed by atoms with Crippen molar-refractivity contribution in [3.05, 3.63) is 52.1 Å². The summed E-state index contributed by atoms with van der Waals surface area (Å²) in [4.78, 5) is -0.189. The number of benzene rings is 1. The van der Waals surface area contributed by atoms with Crippen molar-refractivity contribution in [2.24, 2.45) is 10.8 Å². The van der Waals surface area contributed by atoms with Gasteiger partial charge in [0.25, 0.3) is 0 Å². The zero-order valence-electron chi connectivity index (χ0n) is 16.3. The second-order valence-corrected chi connectivity index (χ2v) is 12.1. The summed E-state index contributed by atoms with van der Waals surface area (Å²) in [5, 5.41) is 0. The number of hydrogen-bond donors (Lipinski definition) is 0. The molecule has 5 nitrogen and oxygen atoms in total. The predicted molar refractivity (Wildman–Crippen MR) is 108 cm³/mol. The molecule has 0 saturated carbocycles. The minimum Gasteiger partial charge on any atom is -0.360 e. The van der Waals surface area contributed by atoms with E-state index in [1.54, 1.807) is 0 Å². The van der Waals surface area contributed by atoms with Gasteiger partial charge >= 0.3 is 12.4 Å². The lowest BCUT2D eigenvalue weighted by atomic mass is 9.43. The molecule has 0 amide bonds. The van der Waals surface area contributed by atoms with Crippen LogP contribution in [0.25, 0.3) is 0 Å². The van der Waals surface area contributed by atoms with E-state index in [0.717, 1.165) is 32.2 Å². The molecule has 5 heterocycles. The van der Waals surface area contributed by atoms with Gasteiger partial charge in [-0.3, -0.25) is 0 Å². The Labute approximate surface area is 197 Å². The Kier molecular flexibility index (Phi) is 4.03. The third-order valence-corrected chi connectivity index (χ3v) is 10.2. The van der Waals surface area contributed by atoms with Gasteiger partial charge in [-0.25, -0.2) is 8.42 Å². The molecule has 1 aromatic carbocycles. The van der Waals surface area contributed by atoms with Gasteiger partial charge in [0.05, 0.1) is 17.1 Å². The van der Waals surface area contributed by atoms with Crippen molar-refractivity contribution in [1.29, 1.82) is 0 Å². The molecule has 6 atom stereocenters. The van der Waals surface area contributed by atoms with Crippen LogP contribution in [0.5, 0.6) is 0 Å². The molecule has 33 heavy (non-hydrogen) atoms. The van der Waals surface area contributed by atoms with Crippen molar-refractivity contribution >= 4 is 32.6 Å². The first-order valence-electron chi connectivity index (χ1n) is 9.82. The Morgan fingerprint density at radius 3 is 1.79 bits per heavy atom. The van der Waals surface area contributed by atoms with Crippen molar-refractivity contribution in [2.45, 2.75) is 40.7 Å². The molecule has 3 fully saturated rings. The van der Waals surface area contributed by atoms with Gasteiger partial charge in [0.1, 0.15) is 16.6 Å². The van der Waals surface area contributed by atoms with E-state index in [1.165, 1.54) is 24.3 Å². The molecule has 178 valence electrons. The second-order valence-electron chi connectivity index (χ2n) is 8.92. The van der Waals surface area contributed by atoms with Crippen molar-refractivity contribution in [3.8, 4) is 0 Å². The third-order valence-electron chi connectivity index (χ3n) is 7.71. The standard InChI is InChI=1S/C20H14F6INO4S/c21-19(22,23)17-13-5-7-15(31-13)9-28(33(29,30)12-3-1-11(27)2-4-12)10-16(8-6-14(17)32-16)18(15,17)20(24,25)26/h1-8,13-14H,9-10H2/t13-,14+,15-,16+,17?,18?. The van der Waals surface area contributed by atoms with Crippen LogP contribution < -0.4 is 0 Å². The van der Waals surface area contributed by atoms with Crippen LogP contribution in [0.1, 0.15) is 0 Å². The summed E-state index contributed by atoms with van der Waals surface area (Å²) in [5.74, 6) is 0. The first-order valence-corrected chi connectivity index (χ1v) is 12.3. The summed E-state index contributed by atoms with van der Waals surface area (Å²) < 4.78 is 128. The SMILES string of the molecule is O=S(=O)(c1ccc(I)cc1)N1C[C@@]23C=C[C@@H](O2)C2(C(F)(F)F)[C@@H]4C=C[C@@](C1)(O4)C23C(F)(F)F. The summed E-state index contributed by atoms with van der Waals surface area (Å²) >= 11 is 1.96. The Morgan fingerprint density at radius 1 is 0.879 bits per heavy atom. The number of fused-ring (bicyclic) bond motifs is 4. The largest absolute Gasteiger partial charge is 0.401 e. The molecule has 4 bridgehead atoms. The Balaban J connectivity index is 1.60. The zero-order chi connectivity index (χ0) is 23.9. The zero-order valence-corrected chi connectivity index (χ0v) is 19.3. The maximum atomic E-state index is 15.0. The van der Waals surface area contributed by atoms with Crippen LogP contribution in [-0.2, 0) is 19.5 Å². The monoisotopic (exact) mass is 605 g/mol. The highest BCUT2D eigenvalue weighted by atomic mass is 127. The van der Waals surface area contributed by atoms with Crippen LogP contribution in [0.15, 0.2) is 53.5 Å². The Bertz CT molecular complexity index is 1190. The average Bonchev–Trinajstić information content (AvgIpc) is 3.42. The quantitative estimate of drug-likeness (QED) is 0.293. The number of halogens is 7. The lowest BCUT2D eigenvalue weighted by Gasteiger charge is -2.60. The lowest BCUT2D eigenvalue weighted by Crippen LogP contribution is -2.80. The van der Waals surface area contributed by atoms with Gasteiger partial charge in [0, 0.05) is 16.7 Å². The highest BCUT2D eigenvalue weighted by Gasteiger charge is 3.01. The Hall–Kier alpha value is -1.16. The topological polar surface area (TPSA) is 55.8 Å². The lowest BCUT2D eigenvalue weighted by molar-refractivity contribution is -0.354. The summed E-state index contributed by atoms with van der Waals surface area (Å²) in [6, 6.07) is 5.61. The smallest absolute Gasteiger partial charge is 0.360 e. The molecule has 5 aliphatic heterocycles. The molecular weight excluding hydrogens is 591 g/mol. The van der Waals surface area contributed by atoms with E-state index in [4.69, 9.17) is 9.47 Å². The van der Waals surface area contributed by atoms with E-state index in [2.05, 4.69) is 0 Å². The van der Waals surface area contributed by atoms with E-state index in [1.807, 2.05) is 22.6 Å². The fraction of sp³-hybridized carbons (Fsp3) is 0.500. The third kappa shape index (κ3) is 2.13. The molecule has 1 aromatic rings. The first-order chi connectivity index (χ1) is 15.2. The van der Waals surface area contributed by atoms with Crippen LogP contribution in [0.4, 0.5) is 26.3 Å². The number of hydrogen-bond acceptors (Lipinski definition) is 4.